The summed E-state index contributed by atoms with van der Waals surface area (Å²) in [7, 11) is 1.37. The summed E-state index contributed by atoms with van der Waals surface area (Å²) in [5.74, 6) is 1.58. The Balaban J connectivity index is 1.67. The molecule has 8 nitrogen and oxygen atoms in total. The number of nitrogens with zero attached hydrogens (tertiary/aromatic N) is 2. The predicted molar refractivity (Wildman–Crippen MR) is 116 cm³/mol. The molecule has 0 bridgehead atoms. The fourth-order valence-electron chi connectivity index (χ4n) is 4.53. The van der Waals surface area contributed by atoms with Crippen molar-refractivity contribution in [2.45, 2.75) is 58.0 Å². The topological polar surface area (TPSA) is 88.3 Å². The van der Waals surface area contributed by atoms with Gasteiger partial charge in [-0.25, -0.2) is 9.79 Å². The lowest BCUT2D eigenvalue weighted by atomic mass is 9.80. The number of hydrogen-bond donors (Lipinski definition) is 2. The van der Waals surface area contributed by atoms with Gasteiger partial charge < -0.3 is 24.5 Å². The smallest absolute Gasteiger partial charge is 0.341 e. The SMILES string of the molecule is CCNC(=NCc1cc(C(=O)OC)c(C)o1)NCC1(N2CCOCC2)CCCCC1. The molecule has 1 aromatic rings. The number of carbonyl (C=O) groups excluding carboxylic acids is 1. The Bertz CT molecular complexity index is 719. The van der Waals surface area contributed by atoms with Crippen molar-refractivity contribution in [3.05, 3.63) is 23.2 Å². The van der Waals surface area contributed by atoms with Gasteiger partial charge in [0.25, 0.3) is 0 Å². The molecule has 0 radical (unpaired) electrons. The molecule has 1 aromatic heterocycles. The molecule has 2 N–H and O–H groups in total. The molecule has 0 spiro atoms. The van der Waals surface area contributed by atoms with Gasteiger partial charge in [0.05, 0.1) is 20.3 Å². The summed E-state index contributed by atoms with van der Waals surface area (Å²) in [4.78, 5) is 19.1. The number of aryl methyl sites for hydroxylation is 1. The summed E-state index contributed by atoms with van der Waals surface area (Å²) in [5.41, 5.74) is 0.617. The molecule has 1 aliphatic heterocycles. The number of hydrogen-bond acceptors (Lipinski definition) is 6. The third kappa shape index (κ3) is 5.55. The van der Waals surface area contributed by atoms with Crippen LogP contribution < -0.4 is 10.6 Å². The molecule has 8 heteroatoms. The highest BCUT2D eigenvalue weighted by Crippen LogP contribution is 2.33. The number of guanidine groups is 1. The number of morpholine rings is 1. The molecule has 0 aromatic carbocycles. The molecule has 2 aliphatic rings. The highest BCUT2D eigenvalue weighted by molar-refractivity contribution is 5.90. The van der Waals surface area contributed by atoms with E-state index >= 15 is 0 Å². The van der Waals surface area contributed by atoms with E-state index in [0.717, 1.165) is 45.4 Å². The number of ether oxygens (including phenoxy) is 2. The van der Waals surface area contributed by atoms with Gasteiger partial charge in [-0.3, -0.25) is 4.90 Å². The lowest BCUT2D eigenvalue weighted by Gasteiger charge is -2.48. The summed E-state index contributed by atoms with van der Waals surface area (Å²) in [6, 6.07) is 1.71. The maximum Gasteiger partial charge on any atom is 0.341 e. The molecule has 30 heavy (non-hydrogen) atoms. The zero-order chi connectivity index (χ0) is 21.4. The summed E-state index contributed by atoms with van der Waals surface area (Å²) in [5, 5.41) is 6.91. The van der Waals surface area contributed by atoms with E-state index in [2.05, 4.69) is 27.4 Å². The molecular formula is C22H36N4O4. The second-order valence-electron chi connectivity index (χ2n) is 8.11. The first-order chi connectivity index (χ1) is 14.6. The quantitative estimate of drug-likeness (QED) is 0.398. The molecule has 0 atom stereocenters. The fraction of sp³-hybridized carbons (Fsp3) is 0.727. The highest BCUT2D eigenvalue weighted by atomic mass is 16.5. The van der Waals surface area contributed by atoms with Crippen LogP contribution in [0.25, 0.3) is 0 Å². The third-order valence-electron chi connectivity index (χ3n) is 6.16. The van der Waals surface area contributed by atoms with E-state index in [0.29, 0.717) is 23.6 Å². The maximum atomic E-state index is 11.8. The molecule has 1 aliphatic carbocycles. The minimum atomic E-state index is -0.388. The van der Waals surface area contributed by atoms with Gasteiger partial charge in [0.1, 0.15) is 23.6 Å². The average molecular weight is 421 g/mol. The van der Waals surface area contributed by atoms with Crippen molar-refractivity contribution >= 4 is 11.9 Å². The minimum absolute atomic E-state index is 0.164. The van der Waals surface area contributed by atoms with Crippen molar-refractivity contribution in [2.75, 3.05) is 46.5 Å². The zero-order valence-corrected chi connectivity index (χ0v) is 18.6. The predicted octanol–water partition coefficient (Wildman–Crippen LogP) is 2.46. The minimum Gasteiger partial charge on any atom is -0.465 e. The lowest BCUT2D eigenvalue weighted by Crippen LogP contribution is -2.60. The molecule has 2 heterocycles. The van der Waals surface area contributed by atoms with E-state index in [1.807, 2.05) is 0 Å². The molecule has 1 saturated heterocycles. The van der Waals surface area contributed by atoms with Crippen LogP contribution in [-0.4, -0.2) is 68.9 Å². The van der Waals surface area contributed by atoms with E-state index in [-0.39, 0.29) is 11.5 Å². The molecule has 0 amide bonds. The Labute approximate surface area is 179 Å². The van der Waals surface area contributed by atoms with Crippen LogP contribution in [0.5, 0.6) is 0 Å². The number of esters is 1. The van der Waals surface area contributed by atoms with Gasteiger partial charge in [0, 0.05) is 31.7 Å². The Morgan fingerprint density at radius 1 is 1.23 bits per heavy atom. The molecule has 2 fully saturated rings. The van der Waals surface area contributed by atoms with Gasteiger partial charge in [-0.1, -0.05) is 19.3 Å². The van der Waals surface area contributed by atoms with Crippen molar-refractivity contribution in [3.8, 4) is 0 Å². The lowest BCUT2D eigenvalue weighted by molar-refractivity contribution is -0.0352. The van der Waals surface area contributed by atoms with E-state index < -0.39 is 0 Å². The first-order valence-corrected chi connectivity index (χ1v) is 11.1. The molecule has 168 valence electrons. The first-order valence-electron chi connectivity index (χ1n) is 11.1. The summed E-state index contributed by atoms with van der Waals surface area (Å²) in [6.07, 6.45) is 6.28. The first kappa shape index (κ1) is 22.6. The van der Waals surface area contributed by atoms with E-state index in [1.54, 1.807) is 13.0 Å². The van der Waals surface area contributed by atoms with Crippen LogP contribution in [0.3, 0.4) is 0 Å². The molecule has 1 saturated carbocycles. The van der Waals surface area contributed by atoms with E-state index in [4.69, 9.17) is 13.9 Å². The third-order valence-corrected chi connectivity index (χ3v) is 6.16. The van der Waals surface area contributed by atoms with Gasteiger partial charge in [-0.2, -0.15) is 0 Å². The van der Waals surface area contributed by atoms with Crippen molar-refractivity contribution in [1.29, 1.82) is 0 Å². The second kappa shape index (κ2) is 10.8. The molecule has 0 unspecified atom stereocenters. The van der Waals surface area contributed by atoms with E-state index in [1.165, 1.54) is 39.2 Å². The number of carbonyl (C=O) groups is 1. The van der Waals surface area contributed by atoms with E-state index in [9.17, 15) is 4.79 Å². The van der Waals surface area contributed by atoms with Crippen LogP contribution in [0.4, 0.5) is 0 Å². The van der Waals surface area contributed by atoms with Crippen molar-refractivity contribution in [2.24, 2.45) is 4.99 Å². The largest absolute Gasteiger partial charge is 0.465 e. The Morgan fingerprint density at radius 2 is 1.97 bits per heavy atom. The monoisotopic (exact) mass is 420 g/mol. The van der Waals surface area contributed by atoms with Gasteiger partial charge >= 0.3 is 5.97 Å². The van der Waals surface area contributed by atoms with Gasteiger partial charge in [-0.05, 0) is 32.8 Å². The molecule has 3 rings (SSSR count). The second-order valence-corrected chi connectivity index (χ2v) is 8.11. The van der Waals surface area contributed by atoms with Gasteiger partial charge in [-0.15, -0.1) is 0 Å². The normalized spacial score (nSPS) is 20.0. The highest BCUT2D eigenvalue weighted by Gasteiger charge is 2.38. The average Bonchev–Trinajstić information content (AvgIpc) is 3.17. The van der Waals surface area contributed by atoms with Crippen molar-refractivity contribution in [3.63, 3.8) is 0 Å². The molecular weight excluding hydrogens is 384 g/mol. The number of aliphatic imine (C=N–C) groups is 1. The van der Waals surface area contributed by atoms with Crippen LogP contribution in [0.15, 0.2) is 15.5 Å². The summed E-state index contributed by atoms with van der Waals surface area (Å²) < 4.78 is 16.1. The fourth-order valence-corrected chi connectivity index (χ4v) is 4.53. The number of rotatable bonds is 7. The standard InChI is InChI=1S/C22H36N4O4/c1-4-23-21(24-15-18-14-19(17(2)30-18)20(27)28-3)25-16-22(8-6-5-7-9-22)26-10-12-29-13-11-26/h14H,4-13,15-16H2,1-3H3,(H2,23,24,25). The Kier molecular flexibility index (Phi) is 8.16. The van der Waals surface area contributed by atoms with Crippen LogP contribution in [0, 0.1) is 6.92 Å². The van der Waals surface area contributed by atoms with Crippen LogP contribution in [0.1, 0.15) is 60.9 Å². The van der Waals surface area contributed by atoms with Crippen molar-refractivity contribution < 1.29 is 18.7 Å². The number of furan rings is 1. The van der Waals surface area contributed by atoms with Crippen LogP contribution in [0.2, 0.25) is 0 Å². The van der Waals surface area contributed by atoms with Gasteiger partial charge in [0.15, 0.2) is 5.96 Å². The maximum absolute atomic E-state index is 11.8. The summed E-state index contributed by atoms with van der Waals surface area (Å²) >= 11 is 0. The number of nitrogens with one attached hydrogen (secondary N) is 2. The zero-order valence-electron chi connectivity index (χ0n) is 18.6. The van der Waals surface area contributed by atoms with Crippen LogP contribution >= 0.6 is 0 Å². The summed E-state index contributed by atoms with van der Waals surface area (Å²) in [6.45, 7) is 9.45. The van der Waals surface area contributed by atoms with Crippen LogP contribution in [-0.2, 0) is 16.0 Å². The Hall–Kier alpha value is -2.06. The van der Waals surface area contributed by atoms with Gasteiger partial charge in [0.2, 0.25) is 0 Å². The number of methoxy groups -OCH3 is 1. The van der Waals surface area contributed by atoms with Crippen molar-refractivity contribution in [1.82, 2.24) is 15.5 Å². The Morgan fingerprint density at radius 3 is 2.63 bits per heavy atom.